The largest absolute Gasteiger partial charge is 0.466 e. The van der Waals surface area contributed by atoms with Gasteiger partial charge in [-0.15, -0.1) is 0 Å². The Balaban J connectivity index is 4.34. The normalized spacial score (nSPS) is 12.5. The van der Waals surface area contributed by atoms with E-state index in [1.807, 2.05) is 0 Å². The van der Waals surface area contributed by atoms with Crippen molar-refractivity contribution in [1.29, 1.82) is 0 Å². The average molecular weight is 469 g/mol. The van der Waals surface area contributed by atoms with E-state index < -0.39 is 0 Å². The monoisotopic (exact) mass is 468 g/mol. The van der Waals surface area contributed by atoms with E-state index in [4.69, 9.17) is 9.47 Å². The zero-order chi connectivity index (χ0) is 24.8. The number of carbonyl (C=O) groups is 2. The Morgan fingerprint density at radius 3 is 1.55 bits per heavy atom. The maximum absolute atomic E-state index is 12.3. The van der Waals surface area contributed by atoms with Gasteiger partial charge in [0.25, 0.3) is 0 Å². The summed E-state index contributed by atoms with van der Waals surface area (Å²) >= 11 is 0. The predicted octanol–water partition coefficient (Wildman–Crippen LogP) is 8.80. The van der Waals surface area contributed by atoms with Crippen LogP contribution in [0.5, 0.6) is 0 Å². The number of esters is 2. The molecule has 0 fully saturated rings. The quantitative estimate of drug-likeness (QED) is 0.111. The Morgan fingerprint density at radius 1 is 0.636 bits per heavy atom. The van der Waals surface area contributed by atoms with Crippen LogP contribution >= 0.6 is 0 Å². The van der Waals surface area contributed by atoms with E-state index in [2.05, 4.69) is 34.6 Å². The molecule has 0 aromatic heterocycles. The van der Waals surface area contributed by atoms with Gasteiger partial charge >= 0.3 is 11.9 Å². The van der Waals surface area contributed by atoms with Gasteiger partial charge in [0, 0.05) is 12.8 Å². The van der Waals surface area contributed by atoms with Crippen LogP contribution in [-0.2, 0) is 19.1 Å². The Bertz CT molecular complexity index is 470. The molecular formula is C29H56O4. The summed E-state index contributed by atoms with van der Waals surface area (Å²) in [5.41, 5.74) is 0.0512. The predicted molar refractivity (Wildman–Crippen MR) is 139 cm³/mol. The van der Waals surface area contributed by atoms with E-state index in [9.17, 15) is 9.59 Å². The van der Waals surface area contributed by atoms with Crippen LogP contribution in [0.4, 0.5) is 0 Å². The van der Waals surface area contributed by atoms with Crippen LogP contribution in [0.25, 0.3) is 0 Å². The van der Waals surface area contributed by atoms with Crippen LogP contribution in [0, 0.1) is 11.3 Å². The average Bonchev–Trinajstić information content (AvgIpc) is 2.82. The summed E-state index contributed by atoms with van der Waals surface area (Å²) in [5.74, 6) is 0.179. The first-order valence-electron chi connectivity index (χ1n) is 14.3. The number of rotatable bonds is 23. The summed E-state index contributed by atoms with van der Waals surface area (Å²) in [6.45, 7) is 12.0. The van der Waals surface area contributed by atoms with E-state index in [-0.39, 0.29) is 17.4 Å². The molecule has 0 aromatic carbocycles. The van der Waals surface area contributed by atoms with Crippen LogP contribution in [0.2, 0.25) is 0 Å². The fourth-order valence-corrected chi connectivity index (χ4v) is 4.92. The van der Waals surface area contributed by atoms with Gasteiger partial charge in [-0.25, -0.2) is 0 Å². The van der Waals surface area contributed by atoms with Crippen LogP contribution in [-0.4, -0.2) is 25.2 Å². The molecule has 1 atom stereocenters. The highest BCUT2D eigenvalue weighted by Crippen LogP contribution is 2.41. The van der Waals surface area contributed by atoms with Crippen LogP contribution in [0.1, 0.15) is 150 Å². The summed E-state index contributed by atoms with van der Waals surface area (Å²) in [6, 6.07) is 0. The summed E-state index contributed by atoms with van der Waals surface area (Å²) in [5, 5.41) is 0. The fraction of sp³-hybridized carbons (Fsp3) is 0.931. The highest BCUT2D eigenvalue weighted by atomic mass is 16.5. The van der Waals surface area contributed by atoms with Crippen molar-refractivity contribution in [2.45, 2.75) is 150 Å². The van der Waals surface area contributed by atoms with Crippen molar-refractivity contribution in [3.63, 3.8) is 0 Å². The summed E-state index contributed by atoms with van der Waals surface area (Å²) < 4.78 is 11.3. The molecule has 0 spiro atoms. The number of unbranched alkanes of at least 4 members (excludes halogenated alkanes) is 10. The van der Waals surface area contributed by atoms with E-state index in [0.29, 0.717) is 32.0 Å². The molecule has 0 bridgehead atoms. The van der Waals surface area contributed by atoms with Gasteiger partial charge in [0.2, 0.25) is 0 Å². The van der Waals surface area contributed by atoms with Crippen molar-refractivity contribution in [3.05, 3.63) is 0 Å². The van der Waals surface area contributed by atoms with Crippen LogP contribution in [0.3, 0.4) is 0 Å². The zero-order valence-electron chi connectivity index (χ0n) is 22.9. The SMILES string of the molecule is CCCCCCCCC(=O)OCCC(CC)(CC)C(CC)COC(=O)CCCCCCCC. The van der Waals surface area contributed by atoms with Gasteiger partial charge in [0.15, 0.2) is 0 Å². The van der Waals surface area contributed by atoms with Crippen molar-refractivity contribution in [2.24, 2.45) is 11.3 Å². The second-order valence-corrected chi connectivity index (χ2v) is 9.86. The van der Waals surface area contributed by atoms with Crippen LogP contribution < -0.4 is 0 Å². The minimum atomic E-state index is -0.0648. The van der Waals surface area contributed by atoms with Gasteiger partial charge in [-0.1, -0.05) is 98.8 Å². The molecule has 33 heavy (non-hydrogen) atoms. The molecule has 0 amide bonds. The number of carbonyl (C=O) groups excluding carboxylic acids is 2. The van der Waals surface area contributed by atoms with Crippen molar-refractivity contribution in [1.82, 2.24) is 0 Å². The van der Waals surface area contributed by atoms with E-state index in [1.165, 1.54) is 51.4 Å². The van der Waals surface area contributed by atoms with Gasteiger partial charge in [0.1, 0.15) is 0 Å². The first-order chi connectivity index (χ1) is 16.0. The van der Waals surface area contributed by atoms with E-state index in [1.54, 1.807) is 0 Å². The highest BCUT2D eigenvalue weighted by molar-refractivity contribution is 5.69. The van der Waals surface area contributed by atoms with Crippen molar-refractivity contribution in [2.75, 3.05) is 13.2 Å². The Hall–Kier alpha value is -1.06. The zero-order valence-corrected chi connectivity index (χ0v) is 22.9. The maximum atomic E-state index is 12.3. The molecule has 0 aliphatic rings. The van der Waals surface area contributed by atoms with Gasteiger partial charge < -0.3 is 9.47 Å². The first-order valence-corrected chi connectivity index (χ1v) is 14.3. The standard InChI is InChI=1S/C29H56O4/c1-6-11-13-15-17-19-21-27(30)32-24-23-29(9-4,10-5)26(8-3)25-33-28(31)22-20-18-16-14-12-7-2/h26H,6-25H2,1-5H3. The van der Waals surface area contributed by atoms with Crippen molar-refractivity contribution < 1.29 is 19.1 Å². The molecular weight excluding hydrogens is 412 g/mol. The Kier molecular flexibility index (Phi) is 20.8. The lowest BCUT2D eigenvalue weighted by molar-refractivity contribution is -0.147. The minimum Gasteiger partial charge on any atom is -0.466 e. The lowest BCUT2D eigenvalue weighted by Crippen LogP contribution is -2.34. The lowest BCUT2D eigenvalue weighted by atomic mass is 9.68. The molecule has 1 unspecified atom stereocenters. The third-order valence-corrected chi connectivity index (χ3v) is 7.54. The molecule has 196 valence electrons. The minimum absolute atomic E-state index is 0.0512. The molecule has 4 nitrogen and oxygen atoms in total. The molecule has 0 saturated carbocycles. The molecule has 4 heteroatoms. The van der Waals surface area contributed by atoms with Crippen molar-refractivity contribution in [3.8, 4) is 0 Å². The molecule has 0 N–H and O–H groups in total. The molecule has 0 saturated heterocycles. The molecule has 0 heterocycles. The first kappa shape index (κ1) is 31.9. The molecule has 0 aliphatic carbocycles. The topological polar surface area (TPSA) is 52.6 Å². The second kappa shape index (κ2) is 21.5. The fourth-order valence-electron chi connectivity index (χ4n) is 4.92. The van der Waals surface area contributed by atoms with Gasteiger partial charge in [-0.05, 0) is 49.9 Å². The molecule has 0 aliphatic heterocycles. The Morgan fingerprint density at radius 2 is 1.09 bits per heavy atom. The third kappa shape index (κ3) is 15.5. The van der Waals surface area contributed by atoms with Crippen LogP contribution in [0.15, 0.2) is 0 Å². The highest BCUT2D eigenvalue weighted by Gasteiger charge is 2.35. The Labute approximate surface area is 206 Å². The number of hydrogen-bond donors (Lipinski definition) is 0. The lowest BCUT2D eigenvalue weighted by Gasteiger charge is -2.39. The van der Waals surface area contributed by atoms with Gasteiger partial charge in [-0.3, -0.25) is 9.59 Å². The van der Waals surface area contributed by atoms with E-state index in [0.717, 1.165) is 51.4 Å². The third-order valence-electron chi connectivity index (χ3n) is 7.54. The van der Waals surface area contributed by atoms with Crippen molar-refractivity contribution >= 4 is 11.9 Å². The van der Waals surface area contributed by atoms with E-state index >= 15 is 0 Å². The maximum Gasteiger partial charge on any atom is 0.305 e. The number of hydrogen-bond acceptors (Lipinski definition) is 4. The summed E-state index contributed by atoms with van der Waals surface area (Å²) in [4.78, 5) is 24.4. The molecule has 0 aromatic rings. The van der Waals surface area contributed by atoms with Gasteiger partial charge in [-0.2, -0.15) is 0 Å². The summed E-state index contributed by atoms with van der Waals surface area (Å²) in [6.07, 6.45) is 19.0. The summed E-state index contributed by atoms with van der Waals surface area (Å²) in [7, 11) is 0. The molecule has 0 rings (SSSR count). The smallest absolute Gasteiger partial charge is 0.305 e. The number of ether oxygens (including phenoxy) is 2. The molecule has 0 radical (unpaired) electrons. The van der Waals surface area contributed by atoms with Gasteiger partial charge in [0.05, 0.1) is 13.2 Å². The second-order valence-electron chi connectivity index (χ2n) is 9.86.